The largest absolute Gasteiger partial charge is 0.462 e. The molecule has 0 spiro atoms. The van der Waals surface area contributed by atoms with Crippen LogP contribution in [0, 0.1) is 0 Å². The summed E-state index contributed by atoms with van der Waals surface area (Å²) in [6.45, 7) is 4.23. The zero-order valence-corrected chi connectivity index (χ0v) is 9.19. The Morgan fingerprint density at radius 3 is 2.87 bits per heavy atom. The molecule has 0 bridgehead atoms. The Balaban J connectivity index is 2.23. The summed E-state index contributed by atoms with van der Waals surface area (Å²) in [5.41, 5.74) is 1.48. The van der Waals surface area contributed by atoms with Gasteiger partial charge in [-0.25, -0.2) is 4.79 Å². The number of carbonyl (C=O) groups is 1. The zero-order chi connectivity index (χ0) is 10.8. The number of ether oxygens (including phenoxy) is 1. The topological polar surface area (TPSA) is 44.1 Å². The number of aromatic nitrogens is 2. The molecule has 1 aliphatic carbocycles. The third-order valence-corrected chi connectivity index (χ3v) is 2.56. The first-order valence-corrected chi connectivity index (χ1v) is 5.51. The number of hydrogen-bond donors (Lipinski definition) is 0. The van der Waals surface area contributed by atoms with E-state index >= 15 is 0 Å². The molecule has 0 radical (unpaired) electrons. The molecule has 2 rings (SSSR count). The maximum absolute atomic E-state index is 11.6. The Morgan fingerprint density at radius 2 is 2.33 bits per heavy atom. The van der Waals surface area contributed by atoms with Crippen LogP contribution in [0.4, 0.5) is 0 Å². The van der Waals surface area contributed by atoms with Crippen molar-refractivity contribution in [3.8, 4) is 0 Å². The summed E-state index contributed by atoms with van der Waals surface area (Å²) in [6, 6.07) is 0.512. The number of esters is 1. The number of rotatable bonds is 4. The standard InChI is InChI=1S/C11H16N2O2/c1-3-10-9(11(14)15-4-2)7-13(12-10)8-5-6-8/h7-8H,3-6H2,1-2H3. The summed E-state index contributed by atoms with van der Waals surface area (Å²) in [5.74, 6) is -0.249. The first-order valence-electron chi connectivity index (χ1n) is 5.51. The fourth-order valence-electron chi connectivity index (χ4n) is 1.60. The lowest BCUT2D eigenvalue weighted by atomic mass is 10.2. The highest BCUT2D eigenvalue weighted by Gasteiger charge is 2.27. The molecule has 0 amide bonds. The Labute approximate surface area is 89.2 Å². The van der Waals surface area contributed by atoms with Gasteiger partial charge in [-0.05, 0) is 26.2 Å². The van der Waals surface area contributed by atoms with E-state index in [1.54, 1.807) is 0 Å². The lowest BCUT2D eigenvalue weighted by molar-refractivity contribution is 0.0525. The van der Waals surface area contributed by atoms with Crippen LogP contribution in [0.1, 0.15) is 48.8 Å². The molecule has 1 aromatic rings. The lowest BCUT2D eigenvalue weighted by Gasteiger charge is -1.99. The number of aryl methyl sites for hydroxylation is 1. The van der Waals surface area contributed by atoms with E-state index in [2.05, 4.69) is 5.10 Å². The van der Waals surface area contributed by atoms with Crippen molar-refractivity contribution < 1.29 is 9.53 Å². The second-order valence-electron chi connectivity index (χ2n) is 3.77. The second kappa shape index (κ2) is 4.04. The quantitative estimate of drug-likeness (QED) is 0.710. The average Bonchev–Trinajstić information content (AvgIpc) is 2.98. The molecule has 1 fully saturated rings. The van der Waals surface area contributed by atoms with Gasteiger partial charge in [0, 0.05) is 6.20 Å². The highest BCUT2D eigenvalue weighted by atomic mass is 16.5. The summed E-state index contributed by atoms with van der Waals surface area (Å²) in [7, 11) is 0. The molecule has 1 saturated carbocycles. The van der Waals surface area contributed by atoms with Crippen molar-refractivity contribution in [3.63, 3.8) is 0 Å². The summed E-state index contributed by atoms with van der Waals surface area (Å²) in [6.07, 6.45) is 4.95. The van der Waals surface area contributed by atoms with Crippen LogP contribution in [0.2, 0.25) is 0 Å². The molecule has 1 aromatic heterocycles. The first-order chi connectivity index (χ1) is 7.26. The van der Waals surface area contributed by atoms with E-state index in [9.17, 15) is 4.79 Å². The molecule has 82 valence electrons. The van der Waals surface area contributed by atoms with E-state index in [0.29, 0.717) is 18.2 Å². The Bertz CT molecular complexity index is 367. The molecule has 1 heterocycles. The SMILES string of the molecule is CCOC(=O)c1cn(C2CC2)nc1CC. The molecule has 0 saturated heterocycles. The number of carbonyl (C=O) groups excluding carboxylic acids is 1. The van der Waals surface area contributed by atoms with Crippen molar-refractivity contribution in [1.82, 2.24) is 9.78 Å². The molecule has 0 aromatic carbocycles. The van der Waals surface area contributed by atoms with Crippen LogP contribution in [-0.2, 0) is 11.2 Å². The van der Waals surface area contributed by atoms with Gasteiger partial charge in [0.05, 0.1) is 18.3 Å². The molecule has 0 unspecified atom stereocenters. The molecule has 0 N–H and O–H groups in total. The van der Waals surface area contributed by atoms with Crippen molar-refractivity contribution in [2.75, 3.05) is 6.61 Å². The van der Waals surface area contributed by atoms with E-state index in [1.165, 1.54) is 12.8 Å². The fraction of sp³-hybridized carbons (Fsp3) is 0.636. The van der Waals surface area contributed by atoms with E-state index in [4.69, 9.17) is 4.74 Å². The van der Waals surface area contributed by atoms with Crippen LogP contribution in [0.5, 0.6) is 0 Å². The van der Waals surface area contributed by atoms with Gasteiger partial charge in [0.2, 0.25) is 0 Å². The highest BCUT2D eigenvalue weighted by Crippen LogP contribution is 2.34. The van der Waals surface area contributed by atoms with E-state index in [1.807, 2.05) is 24.7 Å². The van der Waals surface area contributed by atoms with Gasteiger partial charge in [-0.15, -0.1) is 0 Å². The molecule has 4 heteroatoms. The summed E-state index contributed by atoms with van der Waals surface area (Å²) >= 11 is 0. The van der Waals surface area contributed by atoms with Gasteiger partial charge in [0.15, 0.2) is 0 Å². The van der Waals surface area contributed by atoms with Gasteiger partial charge in [-0.2, -0.15) is 5.10 Å². The summed E-state index contributed by atoms with van der Waals surface area (Å²) in [5, 5.41) is 4.41. The average molecular weight is 208 g/mol. The third-order valence-electron chi connectivity index (χ3n) is 2.56. The first kappa shape index (κ1) is 10.2. The molecular formula is C11H16N2O2. The van der Waals surface area contributed by atoms with Crippen molar-refractivity contribution in [2.24, 2.45) is 0 Å². The smallest absolute Gasteiger partial charge is 0.341 e. The second-order valence-corrected chi connectivity index (χ2v) is 3.77. The van der Waals surface area contributed by atoms with E-state index in [0.717, 1.165) is 12.1 Å². The minimum atomic E-state index is -0.249. The maximum Gasteiger partial charge on any atom is 0.341 e. The predicted octanol–water partition coefficient (Wildman–Crippen LogP) is 1.96. The van der Waals surface area contributed by atoms with Crippen LogP contribution >= 0.6 is 0 Å². The maximum atomic E-state index is 11.6. The van der Waals surface area contributed by atoms with E-state index < -0.39 is 0 Å². The molecule has 4 nitrogen and oxygen atoms in total. The van der Waals surface area contributed by atoms with E-state index in [-0.39, 0.29) is 5.97 Å². The Kier molecular flexibility index (Phi) is 2.75. The van der Waals surface area contributed by atoms with Crippen LogP contribution in [0.3, 0.4) is 0 Å². The predicted molar refractivity (Wildman–Crippen MR) is 55.8 cm³/mol. The van der Waals surface area contributed by atoms with Crippen molar-refractivity contribution >= 4 is 5.97 Å². The summed E-state index contributed by atoms with van der Waals surface area (Å²) in [4.78, 5) is 11.6. The molecular weight excluding hydrogens is 192 g/mol. The van der Waals surface area contributed by atoms with Crippen LogP contribution in [0.25, 0.3) is 0 Å². The van der Waals surface area contributed by atoms with Crippen LogP contribution < -0.4 is 0 Å². The third kappa shape index (κ3) is 2.03. The van der Waals surface area contributed by atoms with Crippen molar-refractivity contribution in [1.29, 1.82) is 0 Å². The van der Waals surface area contributed by atoms with Gasteiger partial charge in [0.1, 0.15) is 5.56 Å². The number of hydrogen-bond acceptors (Lipinski definition) is 3. The number of nitrogens with zero attached hydrogens (tertiary/aromatic N) is 2. The van der Waals surface area contributed by atoms with Crippen LogP contribution in [-0.4, -0.2) is 22.4 Å². The molecule has 15 heavy (non-hydrogen) atoms. The Morgan fingerprint density at radius 1 is 1.60 bits per heavy atom. The fourth-order valence-corrected chi connectivity index (χ4v) is 1.60. The van der Waals surface area contributed by atoms with Gasteiger partial charge in [-0.3, -0.25) is 4.68 Å². The van der Waals surface area contributed by atoms with Crippen LogP contribution in [0.15, 0.2) is 6.20 Å². The van der Waals surface area contributed by atoms with Gasteiger partial charge < -0.3 is 4.74 Å². The molecule has 1 aliphatic rings. The molecule has 0 aliphatic heterocycles. The van der Waals surface area contributed by atoms with Crippen molar-refractivity contribution in [3.05, 3.63) is 17.5 Å². The van der Waals surface area contributed by atoms with Crippen molar-refractivity contribution in [2.45, 2.75) is 39.2 Å². The summed E-state index contributed by atoms with van der Waals surface area (Å²) < 4.78 is 6.90. The Hall–Kier alpha value is -1.32. The monoisotopic (exact) mass is 208 g/mol. The minimum absolute atomic E-state index is 0.249. The zero-order valence-electron chi connectivity index (χ0n) is 9.19. The van der Waals surface area contributed by atoms with Gasteiger partial charge in [0.25, 0.3) is 0 Å². The normalized spacial score (nSPS) is 15.3. The molecule has 0 atom stereocenters. The highest BCUT2D eigenvalue weighted by molar-refractivity contribution is 5.90. The minimum Gasteiger partial charge on any atom is -0.462 e. The van der Waals surface area contributed by atoms with Gasteiger partial charge in [-0.1, -0.05) is 6.92 Å². The lowest BCUT2D eigenvalue weighted by Crippen LogP contribution is -2.05. The van der Waals surface area contributed by atoms with Gasteiger partial charge >= 0.3 is 5.97 Å².